The lowest BCUT2D eigenvalue weighted by atomic mass is 10.0. The van der Waals surface area contributed by atoms with E-state index in [9.17, 15) is 4.79 Å². The first kappa shape index (κ1) is 22.8. The largest absolute Gasteiger partial charge is 0.493 e. The van der Waals surface area contributed by atoms with Crippen molar-refractivity contribution in [3.63, 3.8) is 0 Å². The molecule has 31 heavy (non-hydrogen) atoms. The predicted molar refractivity (Wildman–Crippen MR) is 112 cm³/mol. The summed E-state index contributed by atoms with van der Waals surface area (Å²) in [7, 11) is 6.24. The highest BCUT2D eigenvalue weighted by atomic mass is 16.5. The summed E-state index contributed by atoms with van der Waals surface area (Å²) in [5.74, 6) is 2.02. The molecule has 1 N–H and O–H groups in total. The number of carbonyl (C=O) groups is 1. The van der Waals surface area contributed by atoms with Crippen LogP contribution in [-0.4, -0.2) is 85.2 Å². The van der Waals surface area contributed by atoms with Crippen LogP contribution in [0.1, 0.15) is 29.0 Å². The van der Waals surface area contributed by atoms with Crippen molar-refractivity contribution >= 4 is 5.91 Å². The summed E-state index contributed by atoms with van der Waals surface area (Å²) >= 11 is 0. The van der Waals surface area contributed by atoms with Gasteiger partial charge in [0.05, 0.1) is 41.0 Å². The average Bonchev–Trinajstić information content (AvgIpc) is 3.24. The molecule has 1 aliphatic heterocycles. The number of ether oxygens (including phenoxy) is 4. The van der Waals surface area contributed by atoms with E-state index >= 15 is 0 Å². The van der Waals surface area contributed by atoms with Crippen molar-refractivity contribution in [3.05, 3.63) is 23.5 Å². The van der Waals surface area contributed by atoms with Gasteiger partial charge in [-0.15, -0.1) is 5.10 Å². The van der Waals surface area contributed by atoms with Crippen LogP contribution >= 0.6 is 0 Å². The zero-order chi connectivity index (χ0) is 22.2. The number of benzene rings is 1. The number of methoxy groups -OCH3 is 4. The fourth-order valence-electron chi connectivity index (χ4n) is 3.60. The van der Waals surface area contributed by atoms with Crippen LogP contribution in [0.4, 0.5) is 0 Å². The number of rotatable bonds is 10. The predicted octanol–water partition coefficient (Wildman–Crippen LogP) is 0.740. The van der Waals surface area contributed by atoms with E-state index in [-0.39, 0.29) is 11.9 Å². The van der Waals surface area contributed by atoms with E-state index < -0.39 is 0 Å². The molecule has 2 aromatic rings. The van der Waals surface area contributed by atoms with E-state index in [1.54, 1.807) is 23.9 Å². The van der Waals surface area contributed by atoms with Gasteiger partial charge in [0.25, 0.3) is 5.91 Å². The van der Waals surface area contributed by atoms with Gasteiger partial charge < -0.3 is 24.3 Å². The van der Waals surface area contributed by atoms with E-state index in [0.29, 0.717) is 42.5 Å². The maximum Gasteiger partial charge on any atom is 0.251 e. The Kier molecular flexibility index (Phi) is 8.01. The molecule has 1 amide bonds. The molecule has 1 saturated heterocycles. The van der Waals surface area contributed by atoms with Crippen LogP contribution < -0.4 is 19.5 Å². The van der Waals surface area contributed by atoms with Gasteiger partial charge in [0, 0.05) is 31.8 Å². The van der Waals surface area contributed by atoms with Gasteiger partial charge in [-0.2, -0.15) is 0 Å². The lowest BCUT2D eigenvalue weighted by Gasteiger charge is -2.32. The molecule has 11 heteroatoms. The van der Waals surface area contributed by atoms with Gasteiger partial charge in [0.2, 0.25) is 5.75 Å². The van der Waals surface area contributed by atoms with Crippen molar-refractivity contribution in [1.82, 2.24) is 30.4 Å². The summed E-state index contributed by atoms with van der Waals surface area (Å²) in [5.41, 5.74) is 0.467. The second-order valence-electron chi connectivity index (χ2n) is 7.25. The Bertz CT molecular complexity index is 840. The fraction of sp³-hybridized carbons (Fsp3) is 0.600. The van der Waals surface area contributed by atoms with Crippen LogP contribution in [0.3, 0.4) is 0 Å². The average molecular weight is 434 g/mol. The number of nitrogens with zero attached hydrogens (tertiary/aromatic N) is 5. The molecule has 0 bridgehead atoms. The van der Waals surface area contributed by atoms with Crippen molar-refractivity contribution in [3.8, 4) is 17.2 Å². The molecule has 0 saturated carbocycles. The number of nitrogens with one attached hydrogen (secondary N) is 1. The molecule has 170 valence electrons. The van der Waals surface area contributed by atoms with Gasteiger partial charge in [-0.1, -0.05) is 0 Å². The maximum absolute atomic E-state index is 12.8. The summed E-state index contributed by atoms with van der Waals surface area (Å²) in [5, 5.41) is 15.0. The molecule has 2 heterocycles. The van der Waals surface area contributed by atoms with E-state index in [2.05, 4.69) is 25.7 Å². The lowest BCUT2D eigenvalue weighted by molar-refractivity contribution is 0.0906. The highest BCUT2D eigenvalue weighted by molar-refractivity contribution is 5.95. The number of amides is 1. The number of hydrogen-bond acceptors (Lipinski definition) is 9. The van der Waals surface area contributed by atoms with Gasteiger partial charge in [0.15, 0.2) is 17.3 Å². The van der Waals surface area contributed by atoms with Crippen LogP contribution in [-0.2, 0) is 17.8 Å². The standard InChI is InChI=1S/C20H30N6O5/c1-28-10-9-26-18(22-23-24-26)13-25-7-5-15(6-8-25)21-20(27)14-11-16(29-2)19(31-4)17(12-14)30-3/h11-12,15H,5-10,13H2,1-4H3,(H,21,27). The molecule has 0 aliphatic carbocycles. The van der Waals surface area contributed by atoms with Crippen LogP contribution in [0.5, 0.6) is 17.2 Å². The topological polar surface area (TPSA) is 113 Å². The van der Waals surface area contributed by atoms with E-state index in [0.717, 1.165) is 31.8 Å². The zero-order valence-corrected chi connectivity index (χ0v) is 18.5. The highest BCUT2D eigenvalue weighted by Gasteiger charge is 2.24. The van der Waals surface area contributed by atoms with Crippen molar-refractivity contribution < 1.29 is 23.7 Å². The number of tetrazole rings is 1. The number of piperidine rings is 1. The summed E-state index contributed by atoms with van der Waals surface area (Å²) in [4.78, 5) is 15.1. The Hall–Kier alpha value is -2.92. The second kappa shape index (κ2) is 10.9. The summed E-state index contributed by atoms with van der Waals surface area (Å²) in [6.07, 6.45) is 1.69. The van der Waals surface area contributed by atoms with E-state index in [1.165, 1.54) is 21.3 Å². The van der Waals surface area contributed by atoms with Crippen molar-refractivity contribution in [1.29, 1.82) is 0 Å². The van der Waals surface area contributed by atoms with Crippen LogP contribution in [0, 0.1) is 0 Å². The van der Waals surface area contributed by atoms with Crippen LogP contribution in [0.25, 0.3) is 0 Å². The second-order valence-corrected chi connectivity index (χ2v) is 7.25. The Balaban J connectivity index is 1.55. The minimum absolute atomic E-state index is 0.0901. The highest BCUT2D eigenvalue weighted by Crippen LogP contribution is 2.38. The first-order valence-electron chi connectivity index (χ1n) is 10.2. The van der Waals surface area contributed by atoms with Crippen molar-refractivity contribution in [2.45, 2.75) is 32.0 Å². The number of likely N-dealkylation sites (tertiary alicyclic amines) is 1. The molecule has 1 aromatic heterocycles. The molecule has 3 rings (SSSR count). The van der Waals surface area contributed by atoms with E-state index in [4.69, 9.17) is 18.9 Å². The summed E-state index contributed by atoms with van der Waals surface area (Å²) in [6.45, 7) is 3.55. The molecule has 1 aromatic carbocycles. The van der Waals surface area contributed by atoms with Gasteiger partial charge in [-0.3, -0.25) is 9.69 Å². The summed E-state index contributed by atoms with van der Waals surface area (Å²) in [6, 6.07) is 3.41. The Morgan fingerprint density at radius 1 is 1.10 bits per heavy atom. The fourth-order valence-corrected chi connectivity index (χ4v) is 3.60. The van der Waals surface area contributed by atoms with Crippen LogP contribution in [0.2, 0.25) is 0 Å². The number of hydrogen-bond donors (Lipinski definition) is 1. The van der Waals surface area contributed by atoms with Gasteiger partial charge in [0.1, 0.15) is 0 Å². The smallest absolute Gasteiger partial charge is 0.251 e. The van der Waals surface area contributed by atoms with Crippen molar-refractivity contribution in [2.24, 2.45) is 0 Å². The number of carbonyl (C=O) groups excluding carboxylic acids is 1. The maximum atomic E-state index is 12.8. The first-order valence-corrected chi connectivity index (χ1v) is 10.2. The molecular formula is C20H30N6O5. The van der Waals surface area contributed by atoms with Gasteiger partial charge in [-0.05, 0) is 35.4 Å². The third-order valence-electron chi connectivity index (χ3n) is 5.33. The minimum Gasteiger partial charge on any atom is -0.493 e. The van der Waals surface area contributed by atoms with E-state index in [1.807, 2.05) is 0 Å². The lowest BCUT2D eigenvalue weighted by Crippen LogP contribution is -2.44. The first-order chi connectivity index (χ1) is 15.1. The molecular weight excluding hydrogens is 404 g/mol. The van der Waals surface area contributed by atoms with Gasteiger partial charge in [-0.25, -0.2) is 4.68 Å². The van der Waals surface area contributed by atoms with Crippen LogP contribution in [0.15, 0.2) is 12.1 Å². The van der Waals surface area contributed by atoms with Crippen molar-refractivity contribution in [2.75, 3.05) is 48.1 Å². The minimum atomic E-state index is -0.166. The Labute approximate surface area is 181 Å². The SMILES string of the molecule is COCCn1nnnc1CN1CCC(NC(=O)c2cc(OC)c(OC)c(OC)c2)CC1. The summed E-state index contributed by atoms with van der Waals surface area (Å²) < 4.78 is 22.9. The normalized spacial score (nSPS) is 15.0. The molecule has 0 spiro atoms. The molecule has 0 radical (unpaired) electrons. The third kappa shape index (κ3) is 5.61. The number of aromatic nitrogens is 4. The molecule has 0 unspecified atom stereocenters. The zero-order valence-electron chi connectivity index (χ0n) is 18.5. The van der Waals surface area contributed by atoms with Gasteiger partial charge >= 0.3 is 0 Å². The molecule has 0 atom stereocenters. The molecule has 11 nitrogen and oxygen atoms in total. The Morgan fingerprint density at radius 3 is 2.35 bits per heavy atom. The molecule has 1 fully saturated rings. The quantitative estimate of drug-likeness (QED) is 0.578. The third-order valence-corrected chi connectivity index (χ3v) is 5.33. The Morgan fingerprint density at radius 2 is 1.77 bits per heavy atom. The monoisotopic (exact) mass is 434 g/mol. The molecule has 1 aliphatic rings.